The van der Waals surface area contributed by atoms with E-state index in [-0.39, 0.29) is 5.92 Å². The van der Waals surface area contributed by atoms with Gasteiger partial charge in [0.2, 0.25) is 0 Å². The smallest absolute Gasteiger partial charge is 0.0837 e. The molecule has 3 aliphatic rings. The Morgan fingerprint density at radius 2 is 1.94 bits per heavy atom. The molecule has 0 saturated heterocycles. The van der Waals surface area contributed by atoms with Crippen LogP contribution in [0, 0.1) is 29.1 Å². The molecule has 7 atom stereocenters. The third-order valence-electron chi connectivity index (χ3n) is 8.97. The van der Waals surface area contributed by atoms with Gasteiger partial charge in [-0.05, 0) is 93.1 Å². The Kier molecular flexibility index (Phi) is 7.61. The van der Waals surface area contributed by atoms with Crippen LogP contribution in [0.5, 0.6) is 0 Å². The zero-order valence-corrected chi connectivity index (χ0v) is 20.5. The minimum atomic E-state index is -0.648. The van der Waals surface area contributed by atoms with Crippen molar-refractivity contribution in [1.82, 2.24) is 0 Å². The first-order valence-corrected chi connectivity index (χ1v) is 12.6. The van der Waals surface area contributed by atoms with E-state index in [0.717, 1.165) is 36.3 Å². The van der Waals surface area contributed by atoms with E-state index in [9.17, 15) is 15.3 Å². The maximum Gasteiger partial charge on any atom is 0.0837 e. The Labute approximate surface area is 190 Å². The van der Waals surface area contributed by atoms with E-state index in [0.29, 0.717) is 23.7 Å². The number of hydrogen-bond acceptors (Lipinski definition) is 3. The summed E-state index contributed by atoms with van der Waals surface area (Å²) in [6.07, 6.45) is 13.4. The highest BCUT2D eigenvalue weighted by molar-refractivity contribution is 5.39. The molecule has 3 unspecified atom stereocenters. The number of allylic oxidation sites excluding steroid dienone is 3. The molecule has 3 rings (SSSR count). The minimum Gasteiger partial charge on any atom is -0.392 e. The molecule has 31 heavy (non-hydrogen) atoms. The van der Waals surface area contributed by atoms with Gasteiger partial charge in [0.15, 0.2) is 0 Å². The van der Waals surface area contributed by atoms with Crippen molar-refractivity contribution >= 4 is 0 Å². The fourth-order valence-electron chi connectivity index (χ4n) is 6.91. The Morgan fingerprint density at radius 3 is 2.61 bits per heavy atom. The molecule has 0 heterocycles. The van der Waals surface area contributed by atoms with Crippen molar-refractivity contribution in [2.24, 2.45) is 29.1 Å². The minimum absolute atomic E-state index is 0.149. The van der Waals surface area contributed by atoms with Gasteiger partial charge in [-0.2, -0.15) is 0 Å². The Balaban J connectivity index is 1.71. The Morgan fingerprint density at radius 1 is 1.23 bits per heavy atom. The summed E-state index contributed by atoms with van der Waals surface area (Å²) >= 11 is 0. The second-order valence-corrected chi connectivity index (χ2v) is 11.8. The molecule has 3 fully saturated rings. The van der Waals surface area contributed by atoms with Crippen LogP contribution < -0.4 is 0 Å². The normalized spacial score (nSPS) is 40.4. The van der Waals surface area contributed by atoms with Crippen molar-refractivity contribution in [2.75, 3.05) is 0 Å². The SMILES string of the molecule is C=C1C(=CC=C2CCCC3(C)C2CCC3[C@H](C)CCCC(C)(C)O)C[C@H](O)[C@H](C)[C@@H]1O. The standard InChI is InChI=1S/C28H46O3/c1-18(9-7-15-27(4,5)31)23-13-14-24-21(10-8-16-28(23,24)6)11-12-22-17-25(29)20(3)26(30)19(22)2/h11-12,18,20,23-26,29-31H,2,7-10,13-17H2,1,3-6H3/t18-,20+,23?,24?,25+,26-,28?/m1/s1. The quantitative estimate of drug-likeness (QED) is 0.488. The van der Waals surface area contributed by atoms with Crippen LogP contribution in [0.4, 0.5) is 0 Å². The molecule has 0 aromatic heterocycles. The summed E-state index contributed by atoms with van der Waals surface area (Å²) in [5, 5.41) is 30.7. The molecule has 0 spiro atoms. The van der Waals surface area contributed by atoms with E-state index in [1.165, 1.54) is 32.1 Å². The van der Waals surface area contributed by atoms with E-state index in [4.69, 9.17) is 0 Å². The maximum atomic E-state index is 10.4. The summed E-state index contributed by atoms with van der Waals surface area (Å²) in [5.41, 5.74) is 3.15. The predicted molar refractivity (Wildman–Crippen MR) is 129 cm³/mol. The van der Waals surface area contributed by atoms with Crippen molar-refractivity contribution in [1.29, 1.82) is 0 Å². The third kappa shape index (κ3) is 5.37. The second-order valence-electron chi connectivity index (χ2n) is 11.8. The predicted octanol–water partition coefficient (Wildman–Crippen LogP) is 5.95. The average Bonchev–Trinajstić information content (AvgIpc) is 3.04. The molecule has 3 aliphatic carbocycles. The highest BCUT2D eigenvalue weighted by Crippen LogP contribution is 2.60. The topological polar surface area (TPSA) is 60.7 Å². The van der Waals surface area contributed by atoms with Gasteiger partial charge in [0.25, 0.3) is 0 Å². The number of aliphatic hydroxyl groups is 3. The number of fused-ring (bicyclic) bond motifs is 1. The van der Waals surface area contributed by atoms with E-state index >= 15 is 0 Å². The number of hydrogen-bond donors (Lipinski definition) is 3. The van der Waals surface area contributed by atoms with Crippen LogP contribution in [0.25, 0.3) is 0 Å². The van der Waals surface area contributed by atoms with Crippen LogP contribution in [-0.4, -0.2) is 33.1 Å². The molecular weight excluding hydrogens is 384 g/mol. The van der Waals surface area contributed by atoms with Crippen LogP contribution in [0.1, 0.15) is 92.4 Å². The molecule has 0 bridgehead atoms. The van der Waals surface area contributed by atoms with Crippen LogP contribution in [0.15, 0.2) is 35.5 Å². The third-order valence-corrected chi connectivity index (χ3v) is 8.97. The molecule has 0 aromatic carbocycles. The lowest BCUT2D eigenvalue weighted by Gasteiger charge is -2.44. The Bertz CT molecular complexity index is 712. The van der Waals surface area contributed by atoms with Crippen molar-refractivity contribution in [3.8, 4) is 0 Å². The summed E-state index contributed by atoms with van der Waals surface area (Å²) < 4.78 is 0. The summed E-state index contributed by atoms with van der Waals surface area (Å²) in [6, 6.07) is 0. The average molecular weight is 431 g/mol. The van der Waals surface area contributed by atoms with E-state index < -0.39 is 17.8 Å². The Hall–Kier alpha value is -0.900. The zero-order valence-electron chi connectivity index (χ0n) is 20.5. The highest BCUT2D eigenvalue weighted by Gasteiger charge is 2.50. The van der Waals surface area contributed by atoms with Crippen molar-refractivity contribution < 1.29 is 15.3 Å². The molecule has 0 aliphatic heterocycles. The van der Waals surface area contributed by atoms with E-state index in [2.05, 4.69) is 32.6 Å². The molecule has 3 nitrogen and oxygen atoms in total. The van der Waals surface area contributed by atoms with Gasteiger partial charge in [-0.3, -0.25) is 0 Å². The van der Waals surface area contributed by atoms with E-state index in [1.807, 2.05) is 20.8 Å². The summed E-state index contributed by atoms with van der Waals surface area (Å²) in [4.78, 5) is 0. The first kappa shape index (κ1) is 24.7. The van der Waals surface area contributed by atoms with Gasteiger partial charge in [0, 0.05) is 5.92 Å². The van der Waals surface area contributed by atoms with Crippen molar-refractivity contribution in [3.05, 3.63) is 35.5 Å². The fourth-order valence-corrected chi connectivity index (χ4v) is 6.91. The molecule has 3 N–H and O–H groups in total. The first-order valence-electron chi connectivity index (χ1n) is 12.6. The monoisotopic (exact) mass is 430 g/mol. The first-order chi connectivity index (χ1) is 14.4. The van der Waals surface area contributed by atoms with Crippen molar-refractivity contribution in [3.63, 3.8) is 0 Å². The van der Waals surface area contributed by atoms with Gasteiger partial charge < -0.3 is 15.3 Å². The lowest BCUT2D eigenvalue weighted by Crippen LogP contribution is -2.36. The molecule has 3 heteroatoms. The van der Waals surface area contributed by atoms with Gasteiger partial charge in [-0.25, -0.2) is 0 Å². The van der Waals surface area contributed by atoms with Crippen molar-refractivity contribution in [2.45, 2.75) is 110 Å². The number of aliphatic hydroxyl groups excluding tert-OH is 2. The van der Waals surface area contributed by atoms with Gasteiger partial charge in [-0.1, -0.05) is 57.9 Å². The number of rotatable bonds is 6. The highest BCUT2D eigenvalue weighted by atomic mass is 16.3. The van der Waals surface area contributed by atoms with Crippen LogP contribution in [0.2, 0.25) is 0 Å². The molecule has 0 aromatic rings. The summed E-state index contributed by atoms with van der Waals surface area (Å²) in [5.74, 6) is 1.94. The second kappa shape index (κ2) is 9.53. The molecule has 0 radical (unpaired) electrons. The summed E-state index contributed by atoms with van der Waals surface area (Å²) in [6.45, 7) is 14.8. The molecule has 176 valence electrons. The molecule has 3 saturated carbocycles. The van der Waals surface area contributed by atoms with Gasteiger partial charge in [-0.15, -0.1) is 0 Å². The van der Waals surface area contributed by atoms with Crippen LogP contribution in [0.3, 0.4) is 0 Å². The molecular formula is C28H46O3. The van der Waals surface area contributed by atoms with Gasteiger partial charge in [0.05, 0.1) is 17.8 Å². The zero-order chi connectivity index (χ0) is 23.0. The summed E-state index contributed by atoms with van der Waals surface area (Å²) in [7, 11) is 0. The lowest BCUT2D eigenvalue weighted by atomic mass is 9.60. The lowest BCUT2D eigenvalue weighted by molar-refractivity contribution is 0.0283. The largest absolute Gasteiger partial charge is 0.392 e. The molecule has 0 amide bonds. The van der Waals surface area contributed by atoms with Crippen LogP contribution in [-0.2, 0) is 0 Å². The maximum absolute atomic E-state index is 10.4. The van der Waals surface area contributed by atoms with E-state index in [1.54, 1.807) is 5.57 Å². The van der Waals surface area contributed by atoms with Crippen LogP contribution >= 0.6 is 0 Å². The van der Waals surface area contributed by atoms with Gasteiger partial charge >= 0.3 is 0 Å². The van der Waals surface area contributed by atoms with Gasteiger partial charge in [0.1, 0.15) is 0 Å². The fraction of sp³-hybridized carbons (Fsp3) is 0.786.